The largest absolute Gasteiger partial charge is 0.489 e. The van der Waals surface area contributed by atoms with Crippen molar-refractivity contribution in [3.8, 4) is 5.75 Å². The molecule has 1 heterocycles. The monoisotopic (exact) mass is 537 g/mol. The van der Waals surface area contributed by atoms with Gasteiger partial charge in [-0.2, -0.15) is 0 Å². The van der Waals surface area contributed by atoms with Gasteiger partial charge < -0.3 is 9.64 Å². The number of ketones is 2. The van der Waals surface area contributed by atoms with Crippen LogP contribution in [-0.4, -0.2) is 23.5 Å². The van der Waals surface area contributed by atoms with Crippen molar-refractivity contribution in [2.75, 3.05) is 7.05 Å². The molecule has 0 spiro atoms. The van der Waals surface area contributed by atoms with Gasteiger partial charge in [-0.3, -0.25) is 9.59 Å². The van der Waals surface area contributed by atoms with Crippen molar-refractivity contribution in [1.82, 2.24) is 4.90 Å². The van der Waals surface area contributed by atoms with Gasteiger partial charge in [-0.25, -0.2) is 0 Å². The average molecular weight is 539 g/mol. The fraction of sp³-hybridized carbons (Fsp3) is 0.419. The zero-order valence-electron chi connectivity index (χ0n) is 22.1. The summed E-state index contributed by atoms with van der Waals surface area (Å²) in [6.07, 6.45) is 2.42. The quantitative estimate of drug-likeness (QED) is 0.397. The van der Waals surface area contributed by atoms with Crippen molar-refractivity contribution < 1.29 is 14.3 Å². The second-order valence-corrected chi connectivity index (χ2v) is 13.1. The summed E-state index contributed by atoms with van der Waals surface area (Å²) >= 11 is 12.7. The smallest absolute Gasteiger partial charge is 0.162 e. The fourth-order valence-corrected chi connectivity index (χ4v) is 6.53. The van der Waals surface area contributed by atoms with Crippen LogP contribution in [0.5, 0.6) is 5.75 Å². The number of benzene rings is 2. The molecule has 0 amide bonds. The van der Waals surface area contributed by atoms with E-state index in [1.807, 2.05) is 43.4 Å². The van der Waals surface area contributed by atoms with Gasteiger partial charge in [-0.15, -0.1) is 0 Å². The molecule has 0 bridgehead atoms. The zero-order valence-corrected chi connectivity index (χ0v) is 23.6. The molecule has 0 N–H and O–H groups in total. The molecule has 4 nitrogen and oxygen atoms in total. The minimum atomic E-state index is -0.499. The topological polar surface area (TPSA) is 46.6 Å². The van der Waals surface area contributed by atoms with E-state index in [4.69, 9.17) is 27.9 Å². The summed E-state index contributed by atoms with van der Waals surface area (Å²) in [6.45, 7) is 8.85. The van der Waals surface area contributed by atoms with Gasteiger partial charge in [-0.05, 0) is 59.6 Å². The van der Waals surface area contributed by atoms with E-state index in [9.17, 15) is 9.59 Å². The molecule has 194 valence electrons. The molecule has 0 fully saturated rings. The van der Waals surface area contributed by atoms with Crippen molar-refractivity contribution in [3.05, 3.63) is 86.2 Å². The molecule has 0 saturated heterocycles. The summed E-state index contributed by atoms with van der Waals surface area (Å²) in [4.78, 5) is 29.7. The van der Waals surface area contributed by atoms with Crippen molar-refractivity contribution in [2.24, 2.45) is 10.8 Å². The van der Waals surface area contributed by atoms with Gasteiger partial charge in [0, 0.05) is 64.0 Å². The normalized spacial score (nSPS) is 21.2. The highest BCUT2D eigenvalue weighted by Crippen LogP contribution is 2.55. The lowest BCUT2D eigenvalue weighted by Gasteiger charge is -2.48. The number of nitrogens with zero attached hydrogens (tertiary/aromatic N) is 1. The van der Waals surface area contributed by atoms with Gasteiger partial charge in [0.1, 0.15) is 12.4 Å². The molecule has 3 aliphatic rings. The summed E-state index contributed by atoms with van der Waals surface area (Å²) in [6, 6.07) is 13.0. The van der Waals surface area contributed by atoms with E-state index in [1.165, 1.54) is 0 Å². The van der Waals surface area contributed by atoms with E-state index in [0.29, 0.717) is 46.4 Å². The Hall–Kier alpha value is -2.56. The van der Waals surface area contributed by atoms with Gasteiger partial charge in [0.15, 0.2) is 11.6 Å². The summed E-state index contributed by atoms with van der Waals surface area (Å²) in [7, 11) is 2.01. The maximum atomic E-state index is 13.8. The van der Waals surface area contributed by atoms with Crippen LogP contribution < -0.4 is 4.74 Å². The third kappa shape index (κ3) is 4.98. The molecule has 37 heavy (non-hydrogen) atoms. The highest BCUT2D eigenvalue weighted by Gasteiger charge is 2.48. The molecule has 2 aromatic rings. The van der Waals surface area contributed by atoms with Gasteiger partial charge in [0.2, 0.25) is 0 Å². The number of Topliss-reactive ketones (excluding diaryl/α,β-unsaturated/α-hetero) is 2. The number of carbonyl (C=O) groups excluding carboxylic acids is 2. The number of halogens is 2. The number of hydrogen-bond donors (Lipinski definition) is 0. The zero-order chi connectivity index (χ0) is 26.7. The Morgan fingerprint density at radius 3 is 1.97 bits per heavy atom. The second-order valence-electron chi connectivity index (χ2n) is 12.2. The number of allylic oxidation sites excluding steroid dienone is 4. The molecule has 0 atom stereocenters. The van der Waals surface area contributed by atoms with Crippen LogP contribution in [-0.2, 0) is 16.2 Å². The van der Waals surface area contributed by atoms with Gasteiger partial charge >= 0.3 is 0 Å². The van der Waals surface area contributed by atoms with Crippen LogP contribution in [0, 0.1) is 10.8 Å². The molecular formula is C31H33Cl2NO3. The average Bonchev–Trinajstić information content (AvgIpc) is 2.78. The van der Waals surface area contributed by atoms with Crippen LogP contribution in [0.3, 0.4) is 0 Å². The highest BCUT2D eigenvalue weighted by molar-refractivity contribution is 6.31. The third-order valence-electron chi connectivity index (χ3n) is 7.75. The second kappa shape index (κ2) is 9.32. The van der Waals surface area contributed by atoms with E-state index >= 15 is 0 Å². The van der Waals surface area contributed by atoms with Gasteiger partial charge in [-0.1, -0.05) is 63.0 Å². The summed E-state index contributed by atoms with van der Waals surface area (Å²) < 4.78 is 6.33. The predicted molar refractivity (Wildman–Crippen MR) is 148 cm³/mol. The molecule has 5 rings (SSSR count). The van der Waals surface area contributed by atoms with Crippen LogP contribution in [0.1, 0.15) is 70.4 Å². The van der Waals surface area contributed by atoms with Crippen molar-refractivity contribution in [2.45, 2.75) is 65.9 Å². The molecule has 1 aliphatic heterocycles. The third-order valence-corrected chi connectivity index (χ3v) is 8.22. The molecule has 2 aromatic carbocycles. The Kier molecular flexibility index (Phi) is 6.57. The molecule has 0 unspecified atom stereocenters. The Labute approximate surface area is 229 Å². The van der Waals surface area contributed by atoms with Crippen molar-refractivity contribution >= 4 is 34.8 Å². The number of rotatable bonds is 4. The lowest BCUT2D eigenvalue weighted by molar-refractivity contribution is -0.119. The summed E-state index contributed by atoms with van der Waals surface area (Å²) in [5, 5.41) is 1.18. The number of ether oxygens (including phenoxy) is 1. The minimum Gasteiger partial charge on any atom is -0.489 e. The first-order valence-electron chi connectivity index (χ1n) is 12.8. The summed E-state index contributed by atoms with van der Waals surface area (Å²) in [5.41, 5.74) is 4.84. The Bertz CT molecular complexity index is 1310. The Morgan fingerprint density at radius 1 is 0.838 bits per heavy atom. The van der Waals surface area contributed by atoms with Crippen LogP contribution in [0.2, 0.25) is 10.0 Å². The Morgan fingerprint density at radius 2 is 1.41 bits per heavy atom. The molecule has 6 heteroatoms. The fourth-order valence-electron chi connectivity index (χ4n) is 6.14. The molecule has 0 saturated carbocycles. The van der Waals surface area contributed by atoms with Crippen LogP contribution in [0.25, 0.3) is 0 Å². The van der Waals surface area contributed by atoms with E-state index < -0.39 is 5.92 Å². The molecule has 0 aromatic heterocycles. The van der Waals surface area contributed by atoms with Gasteiger partial charge in [0.05, 0.1) is 0 Å². The standard InChI is InChI=1S/C31H33Cl2NO3/c1-30(2)13-22-28(24(35)15-30)27(29-23(34(22)5)14-31(3,4)16-25(29)36)21-12-20(33)9-10-26(21)37-17-18-7-6-8-19(32)11-18/h6-12,27H,13-17H2,1-5H3. The first-order chi connectivity index (χ1) is 17.3. The molecule has 2 aliphatic carbocycles. The first-order valence-corrected chi connectivity index (χ1v) is 13.5. The minimum absolute atomic E-state index is 0.0908. The maximum Gasteiger partial charge on any atom is 0.162 e. The highest BCUT2D eigenvalue weighted by atomic mass is 35.5. The van der Waals surface area contributed by atoms with Crippen molar-refractivity contribution in [1.29, 1.82) is 0 Å². The van der Waals surface area contributed by atoms with Crippen molar-refractivity contribution in [3.63, 3.8) is 0 Å². The van der Waals surface area contributed by atoms with E-state index in [1.54, 1.807) is 6.07 Å². The van der Waals surface area contributed by atoms with E-state index in [0.717, 1.165) is 35.4 Å². The van der Waals surface area contributed by atoms with Crippen LogP contribution >= 0.6 is 23.2 Å². The lowest BCUT2D eigenvalue weighted by atomic mass is 9.63. The van der Waals surface area contributed by atoms with Gasteiger partial charge in [0.25, 0.3) is 0 Å². The van der Waals surface area contributed by atoms with Crippen LogP contribution in [0.15, 0.2) is 65.0 Å². The lowest BCUT2D eigenvalue weighted by Crippen LogP contribution is -2.43. The maximum absolute atomic E-state index is 13.8. The number of hydrogen-bond acceptors (Lipinski definition) is 4. The Balaban J connectivity index is 1.67. The first kappa shape index (κ1) is 26.1. The van der Waals surface area contributed by atoms with Crippen LogP contribution in [0.4, 0.5) is 0 Å². The SMILES string of the molecule is CN1C2=C(C(=O)CC(C)(C)C2)C(c2cc(Cl)ccc2OCc2cccc(Cl)c2)C2=C1CC(C)(C)CC2=O. The summed E-state index contributed by atoms with van der Waals surface area (Å²) in [5.74, 6) is 0.301. The van der Waals surface area contributed by atoms with E-state index in [-0.39, 0.29) is 22.4 Å². The molecule has 0 radical (unpaired) electrons. The number of carbonyl (C=O) groups is 2. The molecular weight excluding hydrogens is 505 g/mol. The predicted octanol–water partition coefficient (Wildman–Crippen LogP) is 7.89. The van der Waals surface area contributed by atoms with E-state index in [2.05, 4.69) is 32.6 Å².